The van der Waals surface area contributed by atoms with Gasteiger partial charge in [0.1, 0.15) is 0 Å². The van der Waals surface area contributed by atoms with Crippen LogP contribution in [0.4, 0.5) is 0 Å². The van der Waals surface area contributed by atoms with Gasteiger partial charge < -0.3 is 5.32 Å². The first kappa shape index (κ1) is 9.79. The predicted octanol–water partition coefficient (Wildman–Crippen LogP) is 2.68. The van der Waals surface area contributed by atoms with Crippen molar-refractivity contribution in [3.05, 3.63) is 53.8 Å². The van der Waals surface area contributed by atoms with E-state index in [1.54, 1.807) is 0 Å². The molecule has 0 aromatic heterocycles. The van der Waals surface area contributed by atoms with Crippen LogP contribution in [0.25, 0.3) is 0 Å². The molecule has 0 bridgehead atoms. The Hall–Kier alpha value is -1.30. The largest absolute Gasteiger partial charge is 0.309 e. The number of hydrogen-bond acceptors (Lipinski definition) is 1. The number of likely N-dealkylation sites (N-methyl/N-ethyl adjacent to an activating group) is 1. The predicted molar refractivity (Wildman–Crippen MR) is 56.6 cm³/mol. The molecule has 68 valence electrons. The molecule has 0 aliphatic carbocycles. The van der Waals surface area contributed by atoms with Gasteiger partial charge in [0.25, 0.3) is 0 Å². The molecule has 1 atom stereocenters. The van der Waals surface area contributed by atoms with Crippen molar-refractivity contribution in [3.63, 3.8) is 0 Å². The zero-order chi connectivity index (χ0) is 9.68. The normalized spacial score (nSPS) is 11.8. The van der Waals surface area contributed by atoms with Crippen molar-refractivity contribution in [2.45, 2.75) is 13.0 Å². The fourth-order valence-electron chi connectivity index (χ4n) is 1.38. The highest BCUT2D eigenvalue weighted by atomic mass is 14.9. The van der Waals surface area contributed by atoms with E-state index in [0.717, 1.165) is 5.57 Å². The molecule has 1 heteroatoms. The van der Waals surface area contributed by atoms with Crippen molar-refractivity contribution in [1.82, 2.24) is 5.32 Å². The van der Waals surface area contributed by atoms with E-state index in [0.29, 0.717) is 0 Å². The second kappa shape index (κ2) is 4.66. The van der Waals surface area contributed by atoms with Crippen molar-refractivity contribution in [2.24, 2.45) is 0 Å². The van der Waals surface area contributed by atoms with E-state index in [4.69, 9.17) is 0 Å². The van der Waals surface area contributed by atoms with Gasteiger partial charge in [0, 0.05) is 0 Å². The maximum absolute atomic E-state index is 3.65. The summed E-state index contributed by atoms with van der Waals surface area (Å²) >= 11 is 0. The van der Waals surface area contributed by atoms with Crippen molar-refractivity contribution >= 4 is 0 Å². The molecule has 0 fully saturated rings. The van der Waals surface area contributed by atoms with Crippen LogP contribution in [0.15, 0.2) is 48.2 Å². The van der Waals surface area contributed by atoms with Gasteiger partial charge in [-0.2, -0.15) is 0 Å². The van der Waals surface area contributed by atoms with E-state index in [2.05, 4.69) is 29.8 Å². The highest BCUT2D eigenvalue weighted by Gasteiger charge is 2.08. The molecule has 1 aromatic carbocycles. The zero-order valence-electron chi connectivity index (χ0n) is 8.17. The minimum Gasteiger partial charge on any atom is -0.309 e. The van der Waals surface area contributed by atoms with E-state index >= 15 is 0 Å². The third kappa shape index (κ3) is 2.32. The molecular formula is C12H15N. The second-order valence-corrected chi connectivity index (χ2v) is 2.99. The van der Waals surface area contributed by atoms with Gasteiger partial charge in [0.15, 0.2) is 0 Å². The van der Waals surface area contributed by atoms with Crippen LogP contribution in [0.5, 0.6) is 0 Å². The maximum atomic E-state index is 3.65. The molecule has 1 unspecified atom stereocenters. The zero-order valence-corrected chi connectivity index (χ0v) is 8.17. The van der Waals surface area contributed by atoms with Gasteiger partial charge in [-0.05, 0) is 25.1 Å². The maximum Gasteiger partial charge on any atom is 0.0605 e. The molecular weight excluding hydrogens is 158 g/mol. The quantitative estimate of drug-likeness (QED) is 0.693. The molecule has 1 aromatic rings. The molecule has 13 heavy (non-hydrogen) atoms. The summed E-state index contributed by atoms with van der Waals surface area (Å²) in [5.41, 5.74) is 5.29. The molecule has 1 rings (SSSR count). The summed E-state index contributed by atoms with van der Waals surface area (Å²) in [4.78, 5) is 0. The van der Waals surface area contributed by atoms with E-state index in [1.807, 2.05) is 32.2 Å². The van der Waals surface area contributed by atoms with Gasteiger partial charge in [-0.15, -0.1) is 5.73 Å². The summed E-state index contributed by atoms with van der Waals surface area (Å²) in [6.45, 7) is 5.68. The Kier molecular flexibility index (Phi) is 3.51. The minimum absolute atomic E-state index is 0.235. The SMILES string of the molecule is C=C=C(C)C(NC)c1ccccc1. The van der Waals surface area contributed by atoms with Crippen LogP contribution >= 0.6 is 0 Å². The monoisotopic (exact) mass is 173 g/mol. The number of nitrogens with one attached hydrogen (secondary N) is 1. The van der Waals surface area contributed by atoms with Gasteiger partial charge in [0.05, 0.1) is 6.04 Å². The molecule has 1 N–H and O–H groups in total. The summed E-state index contributed by atoms with van der Waals surface area (Å²) in [5, 5.41) is 3.23. The Bertz CT molecular complexity index is 307. The van der Waals surface area contributed by atoms with Gasteiger partial charge in [-0.25, -0.2) is 0 Å². The summed E-state index contributed by atoms with van der Waals surface area (Å²) in [7, 11) is 1.94. The van der Waals surface area contributed by atoms with Crippen molar-refractivity contribution < 1.29 is 0 Å². The van der Waals surface area contributed by atoms with E-state index in [1.165, 1.54) is 5.56 Å². The van der Waals surface area contributed by atoms with Crippen LogP contribution in [-0.2, 0) is 0 Å². The van der Waals surface area contributed by atoms with Crippen molar-refractivity contribution in [3.8, 4) is 0 Å². The van der Waals surface area contributed by atoms with Crippen LogP contribution < -0.4 is 5.32 Å². The summed E-state index contributed by atoms with van der Waals surface area (Å²) in [5.74, 6) is 0. The third-order valence-electron chi connectivity index (χ3n) is 2.13. The average molecular weight is 173 g/mol. The molecule has 0 spiro atoms. The molecule has 1 nitrogen and oxygen atoms in total. The number of hydrogen-bond donors (Lipinski definition) is 1. The van der Waals surface area contributed by atoms with Crippen LogP contribution in [0.2, 0.25) is 0 Å². The Morgan fingerprint density at radius 2 is 2.00 bits per heavy atom. The standard InChI is InChI=1S/C12H15N/c1-4-10(2)12(13-3)11-8-6-5-7-9-11/h5-9,12-13H,1H2,2-3H3. The highest BCUT2D eigenvalue weighted by Crippen LogP contribution is 2.18. The van der Waals surface area contributed by atoms with Crippen molar-refractivity contribution in [2.75, 3.05) is 7.05 Å². The molecule has 0 aliphatic rings. The fraction of sp³-hybridized carbons (Fsp3) is 0.250. The van der Waals surface area contributed by atoms with Gasteiger partial charge in [-0.1, -0.05) is 36.9 Å². The van der Waals surface area contributed by atoms with E-state index < -0.39 is 0 Å². The lowest BCUT2D eigenvalue weighted by Crippen LogP contribution is -2.16. The van der Waals surface area contributed by atoms with Crippen LogP contribution in [0.1, 0.15) is 18.5 Å². The number of rotatable bonds is 3. The molecule has 0 aliphatic heterocycles. The molecule has 0 amide bonds. The topological polar surface area (TPSA) is 12.0 Å². The lowest BCUT2D eigenvalue weighted by Gasteiger charge is -2.15. The Balaban J connectivity index is 2.98. The Morgan fingerprint density at radius 3 is 2.46 bits per heavy atom. The smallest absolute Gasteiger partial charge is 0.0605 e. The van der Waals surface area contributed by atoms with Gasteiger partial charge in [0.2, 0.25) is 0 Å². The first-order chi connectivity index (χ1) is 6.29. The van der Waals surface area contributed by atoms with Gasteiger partial charge in [-0.3, -0.25) is 0 Å². The van der Waals surface area contributed by atoms with Crippen LogP contribution in [-0.4, -0.2) is 7.05 Å². The molecule has 0 saturated heterocycles. The molecule has 0 saturated carbocycles. The Labute approximate surface area is 79.8 Å². The summed E-state index contributed by atoms with van der Waals surface area (Å²) < 4.78 is 0. The molecule has 0 radical (unpaired) electrons. The average Bonchev–Trinajstić information content (AvgIpc) is 2.20. The van der Waals surface area contributed by atoms with Crippen LogP contribution in [0.3, 0.4) is 0 Å². The summed E-state index contributed by atoms with van der Waals surface area (Å²) in [6.07, 6.45) is 0. The first-order valence-electron chi connectivity index (χ1n) is 4.38. The lowest BCUT2D eigenvalue weighted by molar-refractivity contribution is 0.679. The van der Waals surface area contributed by atoms with E-state index in [9.17, 15) is 0 Å². The fourth-order valence-corrected chi connectivity index (χ4v) is 1.38. The van der Waals surface area contributed by atoms with Crippen molar-refractivity contribution in [1.29, 1.82) is 0 Å². The first-order valence-corrected chi connectivity index (χ1v) is 4.38. The minimum atomic E-state index is 0.235. The van der Waals surface area contributed by atoms with Gasteiger partial charge >= 0.3 is 0 Å². The lowest BCUT2D eigenvalue weighted by atomic mass is 10.0. The van der Waals surface area contributed by atoms with E-state index in [-0.39, 0.29) is 6.04 Å². The molecule has 0 heterocycles. The number of benzene rings is 1. The summed E-state index contributed by atoms with van der Waals surface area (Å²) in [6, 6.07) is 10.5. The Morgan fingerprint density at radius 1 is 1.38 bits per heavy atom. The second-order valence-electron chi connectivity index (χ2n) is 2.99. The highest BCUT2D eigenvalue weighted by molar-refractivity contribution is 5.26. The third-order valence-corrected chi connectivity index (χ3v) is 2.13. The van der Waals surface area contributed by atoms with Crippen LogP contribution in [0, 0.1) is 0 Å².